The summed E-state index contributed by atoms with van der Waals surface area (Å²) in [5, 5.41) is 7.19. The molecule has 4 heteroatoms. The fourth-order valence-electron chi connectivity index (χ4n) is 4.15. The Hall–Kier alpha value is -0.450. The number of hydrogen-bond acceptors (Lipinski definition) is 4. The Morgan fingerprint density at radius 1 is 1.35 bits per heavy atom. The molecule has 112 valence electrons. The van der Waals surface area contributed by atoms with Gasteiger partial charge in [-0.3, -0.25) is 4.90 Å². The molecule has 0 spiro atoms. The lowest BCUT2D eigenvalue weighted by molar-refractivity contribution is 0.0669. The highest BCUT2D eigenvalue weighted by molar-refractivity contribution is 7.09. The van der Waals surface area contributed by atoms with Gasteiger partial charge < -0.3 is 5.32 Å². The van der Waals surface area contributed by atoms with Crippen LogP contribution in [0.4, 0.5) is 0 Å². The minimum atomic E-state index is 0.555. The molecule has 1 N–H and O–H groups in total. The lowest BCUT2D eigenvalue weighted by Crippen LogP contribution is -2.50. The van der Waals surface area contributed by atoms with Crippen molar-refractivity contribution in [1.29, 1.82) is 0 Å². The summed E-state index contributed by atoms with van der Waals surface area (Å²) in [4.78, 5) is 7.40. The Morgan fingerprint density at radius 3 is 2.65 bits per heavy atom. The van der Waals surface area contributed by atoms with Gasteiger partial charge in [0, 0.05) is 29.7 Å². The first-order valence-corrected chi connectivity index (χ1v) is 9.11. The van der Waals surface area contributed by atoms with E-state index in [1.165, 1.54) is 50.1 Å². The van der Waals surface area contributed by atoms with Crippen molar-refractivity contribution in [3.63, 3.8) is 0 Å². The first-order valence-electron chi connectivity index (χ1n) is 8.23. The van der Waals surface area contributed by atoms with Crippen LogP contribution in [-0.2, 0) is 0 Å². The number of thiazole rings is 1. The molecule has 0 saturated carbocycles. The molecule has 0 radical (unpaired) electrons. The number of rotatable bonds is 6. The standard InChI is InChI=1S/C16H27N3S/c1-3-7-17-12-10-13-5-6-14(11-12)19(13)15(4-2)16-18-8-9-20-16/h8-9,12-15,17H,3-7,10-11H2,1-2H3. The third-order valence-corrected chi connectivity index (χ3v) is 5.83. The molecule has 1 aromatic rings. The highest BCUT2D eigenvalue weighted by Crippen LogP contribution is 2.43. The van der Waals surface area contributed by atoms with E-state index in [9.17, 15) is 0 Å². The molecular weight excluding hydrogens is 266 g/mol. The van der Waals surface area contributed by atoms with Crippen LogP contribution in [0.5, 0.6) is 0 Å². The summed E-state index contributed by atoms with van der Waals surface area (Å²) < 4.78 is 0. The van der Waals surface area contributed by atoms with E-state index >= 15 is 0 Å². The molecule has 3 nitrogen and oxygen atoms in total. The quantitative estimate of drug-likeness (QED) is 0.869. The van der Waals surface area contributed by atoms with Crippen LogP contribution in [-0.4, -0.2) is 34.6 Å². The van der Waals surface area contributed by atoms with Crippen LogP contribution in [0.2, 0.25) is 0 Å². The summed E-state index contributed by atoms with van der Waals surface area (Å²) in [7, 11) is 0. The molecule has 3 rings (SSSR count). The lowest BCUT2D eigenvalue weighted by Gasteiger charge is -2.43. The molecule has 2 aliphatic rings. The summed E-state index contributed by atoms with van der Waals surface area (Å²) in [6, 6.07) is 2.85. The van der Waals surface area contributed by atoms with Gasteiger partial charge in [-0.1, -0.05) is 13.8 Å². The topological polar surface area (TPSA) is 28.2 Å². The van der Waals surface area contributed by atoms with Crippen LogP contribution in [0.1, 0.15) is 63.4 Å². The maximum atomic E-state index is 4.59. The van der Waals surface area contributed by atoms with E-state index in [4.69, 9.17) is 0 Å². The molecule has 3 atom stereocenters. The minimum absolute atomic E-state index is 0.555. The summed E-state index contributed by atoms with van der Waals surface area (Å²) in [5.41, 5.74) is 0. The van der Waals surface area contributed by atoms with Crippen LogP contribution < -0.4 is 5.32 Å². The monoisotopic (exact) mass is 293 g/mol. The van der Waals surface area contributed by atoms with Crippen LogP contribution in [0.3, 0.4) is 0 Å². The van der Waals surface area contributed by atoms with Gasteiger partial charge in [0.2, 0.25) is 0 Å². The Bertz CT molecular complexity index is 392. The van der Waals surface area contributed by atoms with Crippen molar-refractivity contribution < 1.29 is 0 Å². The molecule has 2 bridgehead atoms. The zero-order chi connectivity index (χ0) is 13.9. The fraction of sp³-hybridized carbons (Fsp3) is 0.812. The van der Waals surface area contributed by atoms with E-state index in [2.05, 4.69) is 34.4 Å². The van der Waals surface area contributed by atoms with Gasteiger partial charge in [0.05, 0.1) is 6.04 Å². The molecule has 0 amide bonds. The first-order chi connectivity index (χ1) is 9.83. The Kier molecular flexibility index (Phi) is 4.74. The van der Waals surface area contributed by atoms with Gasteiger partial charge in [0.1, 0.15) is 5.01 Å². The van der Waals surface area contributed by atoms with Gasteiger partial charge in [-0.05, 0) is 45.1 Å². The molecule has 1 aromatic heterocycles. The molecule has 0 aliphatic carbocycles. The highest BCUT2D eigenvalue weighted by Gasteiger charge is 2.44. The van der Waals surface area contributed by atoms with Gasteiger partial charge in [-0.25, -0.2) is 4.98 Å². The SMILES string of the molecule is CCCNC1CC2CCC(C1)N2C(CC)c1nccs1. The second-order valence-corrected chi connectivity index (χ2v) is 7.18. The number of aromatic nitrogens is 1. The number of piperidine rings is 1. The average Bonchev–Trinajstić information content (AvgIpc) is 3.06. The zero-order valence-electron chi connectivity index (χ0n) is 12.7. The minimum Gasteiger partial charge on any atom is -0.314 e. The van der Waals surface area contributed by atoms with Crippen molar-refractivity contribution in [2.75, 3.05) is 6.54 Å². The smallest absolute Gasteiger partial charge is 0.110 e. The van der Waals surface area contributed by atoms with Gasteiger partial charge in [0.15, 0.2) is 0 Å². The van der Waals surface area contributed by atoms with Crippen LogP contribution in [0, 0.1) is 0 Å². The summed E-state index contributed by atoms with van der Waals surface area (Å²) in [6.07, 6.45) is 9.82. The van der Waals surface area contributed by atoms with Crippen molar-refractivity contribution in [1.82, 2.24) is 15.2 Å². The van der Waals surface area contributed by atoms with Crippen molar-refractivity contribution in [2.45, 2.75) is 76.5 Å². The largest absolute Gasteiger partial charge is 0.314 e. The number of nitrogens with one attached hydrogen (secondary N) is 1. The van der Waals surface area contributed by atoms with Crippen molar-refractivity contribution in [2.24, 2.45) is 0 Å². The van der Waals surface area contributed by atoms with E-state index in [1.807, 2.05) is 17.5 Å². The maximum Gasteiger partial charge on any atom is 0.110 e. The molecule has 2 aliphatic heterocycles. The average molecular weight is 293 g/mol. The molecule has 3 heterocycles. The Morgan fingerprint density at radius 2 is 2.10 bits per heavy atom. The van der Waals surface area contributed by atoms with Gasteiger partial charge in [-0.2, -0.15) is 0 Å². The third-order valence-electron chi connectivity index (χ3n) is 4.96. The molecular formula is C16H27N3S. The lowest BCUT2D eigenvalue weighted by atomic mass is 9.94. The highest BCUT2D eigenvalue weighted by atomic mass is 32.1. The normalized spacial score (nSPS) is 31.6. The molecule has 2 fully saturated rings. The van der Waals surface area contributed by atoms with Crippen molar-refractivity contribution in [3.05, 3.63) is 16.6 Å². The van der Waals surface area contributed by atoms with E-state index < -0.39 is 0 Å². The van der Waals surface area contributed by atoms with Gasteiger partial charge in [0.25, 0.3) is 0 Å². The summed E-state index contributed by atoms with van der Waals surface area (Å²) in [6.45, 7) is 5.74. The van der Waals surface area contributed by atoms with Crippen LogP contribution in [0.15, 0.2) is 11.6 Å². The maximum absolute atomic E-state index is 4.59. The van der Waals surface area contributed by atoms with E-state index in [1.54, 1.807) is 0 Å². The Labute approximate surface area is 126 Å². The predicted molar refractivity (Wildman–Crippen MR) is 85.1 cm³/mol. The van der Waals surface area contributed by atoms with Gasteiger partial charge in [-0.15, -0.1) is 11.3 Å². The summed E-state index contributed by atoms with van der Waals surface area (Å²) >= 11 is 1.83. The number of hydrogen-bond donors (Lipinski definition) is 1. The molecule has 20 heavy (non-hydrogen) atoms. The molecule has 3 unspecified atom stereocenters. The van der Waals surface area contributed by atoms with Gasteiger partial charge >= 0.3 is 0 Å². The number of fused-ring (bicyclic) bond motifs is 2. The van der Waals surface area contributed by atoms with E-state index in [0.29, 0.717) is 6.04 Å². The van der Waals surface area contributed by atoms with Crippen molar-refractivity contribution >= 4 is 11.3 Å². The fourth-order valence-corrected chi connectivity index (χ4v) is 4.98. The van der Waals surface area contributed by atoms with Crippen LogP contribution >= 0.6 is 11.3 Å². The summed E-state index contributed by atoms with van der Waals surface area (Å²) in [5.74, 6) is 0. The Balaban J connectivity index is 1.70. The number of nitrogens with zero attached hydrogens (tertiary/aromatic N) is 2. The predicted octanol–water partition coefficient (Wildman–Crippen LogP) is 3.59. The second kappa shape index (κ2) is 6.54. The van der Waals surface area contributed by atoms with Crippen molar-refractivity contribution in [3.8, 4) is 0 Å². The second-order valence-electron chi connectivity index (χ2n) is 6.25. The first kappa shape index (κ1) is 14.5. The molecule has 0 aromatic carbocycles. The molecule has 2 saturated heterocycles. The zero-order valence-corrected chi connectivity index (χ0v) is 13.5. The van der Waals surface area contributed by atoms with Crippen LogP contribution in [0.25, 0.3) is 0 Å². The third kappa shape index (κ3) is 2.78. The van der Waals surface area contributed by atoms with E-state index in [0.717, 1.165) is 18.1 Å². The van der Waals surface area contributed by atoms with E-state index in [-0.39, 0.29) is 0 Å².